The minimum absolute atomic E-state index is 0.00891. The molecule has 9 nitrogen and oxygen atoms in total. The van der Waals surface area contributed by atoms with Gasteiger partial charge in [-0.1, -0.05) is 11.6 Å². The molecule has 2 atom stereocenters. The molecule has 0 spiro atoms. The van der Waals surface area contributed by atoms with Gasteiger partial charge in [-0.15, -0.1) is 0 Å². The van der Waals surface area contributed by atoms with E-state index in [2.05, 4.69) is 14.9 Å². The molecule has 0 unspecified atom stereocenters. The molecule has 0 bridgehead atoms. The maximum absolute atomic E-state index is 15.1. The van der Waals surface area contributed by atoms with Crippen LogP contribution in [0.25, 0.3) is 10.9 Å². The van der Waals surface area contributed by atoms with E-state index in [1.807, 2.05) is 39.5 Å². The number of hydrogen-bond acceptors (Lipinski definition) is 8. The number of aromatic nitrogens is 3. The van der Waals surface area contributed by atoms with Gasteiger partial charge in [-0.05, 0) is 73.4 Å². The number of carbonyl (C=O) groups is 1. The quantitative estimate of drug-likeness (QED) is 0.524. The summed E-state index contributed by atoms with van der Waals surface area (Å²) in [7, 11) is 0. The summed E-state index contributed by atoms with van der Waals surface area (Å²) < 4.78 is 27.0. The van der Waals surface area contributed by atoms with Crippen molar-refractivity contribution in [3.8, 4) is 6.01 Å². The van der Waals surface area contributed by atoms with E-state index in [1.165, 1.54) is 6.20 Å². The largest absolute Gasteiger partial charge is 0.461 e. The molecule has 0 saturated carbocycles. The first-order chi connectivity index (χ1) is 17.5. The van der Waals surface area contributed by atoms with Crippen LogP contribution in [0.5, 0.6) is 6.01 Å². The summed E-state index contributed by atoms with van der Waals surface area (Å²) in [6.07, 6.45) is 5.63. The molecule has 5 heterocycles. The summed E-state index contributed by atoms with van der Waals surface area (Å²) >= 11 is 6.02. The van der Waals surface area contributed by atoms with Gasteiger partial charge in [-0.25, -0.2) is 14.2 Å². The molecule has 2 aromatic rings. The molecule has 3 aliphatic rings. The lowest BCUT2D eigenvalue weighted by molar-refractivity contribution is 0.00561. The Morgan fingerprint density at radius 3 is 2.43 bits per heavy atom. The Balaban J connectivity index is 1.44. The Labute approximate surface area is 222 Å². The molecule has 3 aliphatic heterocycles. The molecule has 202 valence electrons. The SMILES string of the molecule is C[C@H]1CN(c2nc(OCC34CCCN3CCC4)nc3c(F)c(Cl)ncc23)C[C@H](C)N1C(=O)OC(C)(C)C. The van der Waals surface area contributed by atoms with Crippen LogP contribution in [0.1, 0.15) is 60.3 Å². The third kappa shape index (κ3) is 5.02. The van der Waals surface area contributed by atoms with E-state index >= 15 is 4.39 Å². The Morgan fingerprint density at radius 2 is 1.81 bits per heavy atom. The summed E-state index contributed by atoms with van der Waals surface area (Å²) in [5.41, 5.74) is -0.490. The highest BCUT2D eigenvalue weighted by molar-refractivity contribution is 6.30. The number of halogens is 2. The topological polar surface area (TPSA) is 83.9 Å². The van der Waals surface area contributed by atoms with Gasteiger partial charge in [-0.2, -0.15) is 9.97 Å². The van der Waals surface area contributed by atoms with Gasteiger partial charge in [-0.3, -0.25) is 9.80 Å². The third-order valence-electron chi connectivity index (χ3n) is 7.70. The van der Waals surface area contributed by atoms with Crippen molar-refractivity contribution >= 4 is 34.4 Å². The zero-order valence-corrected chi connectivity index (χ0v) is 23.0. The summed E-state index contributed by atoms with van der Waals surface area (Å²) in [5, 5.41) is 0.219. The number of ether oxygens (including phenoxy) is 2. The van der Waals surface area contributed by atoms with E-state index in [0.717, 1.165) is 38.8 Å². The minimum Gasteiger partial charge on any atom is -0.461 e. The van der Waals surface area contributed by atoms with E-state index in [4.69, 9.17) is 26.1 Å². The van der Waals surface area contributed by atoms with Crippen molar-refractivity contribution in [2.45, 2.75) is 83.5 Å². The van der Waals surface area contributed by atoms with Crippen LogP contribution in [0.15, 0.2) is 6.20 Å². The summed E-state index contributed by atoms with van der Waals surface area (Å²) in [4.78, 5) is 32.4. The monoisotopic (exact) mass is 534 g/mol. The van der Waals surface area contributed by atoms with Crippen molar-refractivity contribution in [1.29, 1.82) is 0 Å². The lowest BCUT2D eigenvalue weighted by atomic mass is 9.95. The van der Waals surface area contributed by atoms with Crippen LogP contribution < -0.4 is 9.64 Å². The first kappa shape index (κ1) is 26.2. The molecule has 0 aromatic carbocycles. The molecule has 3 fully saturated rings. The number of nitrogens with zero attached hydrogens (tertiary/aromatic N) is 6. The van der Waals surface area contributed by atoms with E-state index in [0.29, 0.717) is 30.9 Å². The Hall–Kier alpha value is -2.46. The van der Waals surface area contributed by atoms with Crippen LogP contribution in [-0.2, 0) is 4.74 Å². The zero-order valence-electron chi connectivity index (χ0n) is 22.3. The highest BCUT2D eigenvalue weighted by atomic mass is 35.5. The molecule has 0 N–H and O–H groups in total. The number of pyridine rings is 1. The molecular weight excluding hydrogens is 499 g/mol. The smallest absolute Gasteiger partial charge is 0.410 e. The van der Waals surface area contributed by atoms with E-state index in [1.54, 1.807) is 4.90 Å². The van der Waals surface area contributed by atoms with Gasteiger partial charge < -0.3 is 14.4 Å². The van der Waals surface area contributed by atoms with Crippen LogP contribution in [0.2, 0.25) is 5.15 Å². The van der Waals surface area contributed by atoms with Crippen molar-refractivity contribution in [3.05, 3.63) is 17.2 Å². The fraction of sp³-hybridized carbons (Fsp3) is 0.692. The second-order valence-electron chi connectivity index (χ2n) is 11.7. The van der Waals surface area contributed by atoms with E-state index in [9.17, 15) is 4.79 Å². The number of piperazine rings is 1. The highest BCUT2D eigenvalue weighted by Crippen LogP contribution is 2.39. The molecule has 5 rings (SSSR count). The Kier molecular flexibility index (Phi) is 6.85. The second-order valence-corrected chi connectivity index (χ2v) is 12.0. The Morgan fingerprint density at radius 1 is 1.16 bits per heavy atom. The number of amides is 1. The lowest BCUT2D eigenvalue weighted by Crippen LogP contribution is -2.59. The lowest BCUT2D eigenvalue weighted by Gasteiger charge is -2.45. The van der Waals surface area contributed by atoms with Crippen molar-refractivity contribution in [2.24, 2.45) is 0 Å². The standard InChI is InChI=1S/C26H36ClFN6O3/c1-16-13-32(14-17(2)34(16)24(35)37-25(3,4)5)22-18-12-29-21(27)19(28)20(18)30-23(31-22)36-15-26-8-6-10-33(26)11-7-9-26/h12,16-17H,6-11,13-15H2,1-5H3/t16-,17-/m0/s1. The van der Waals surface area contributed by atoms with Gasteiger partial charge in [0.15, 0.2) is 11.0 Å². The summed E-state index contributed by atoms with van der Waals surface area (Å²) in [6.45, 7) is 13.1. The zero-order chi connectivity index (χ0) is 26.5. The number of hydrogen-bond donors (Lipinski definition) is 0. The highest BCUT2D eigenvalue weighted by Gasteiger charge is 2.45. The summed E-state index contributed by atoms with van der Waals surface area (Å²) in [6, 6.07) is -0.198. The molecular formula is C26H36ClFN6O3. The molecule has 11 heteroatoms. The number of carbonyl (C=O) groups excluding carboxylic acids is 1. The molecule has 1 amide bonds. The van der Waals surface area contributed by atoms with Crippen molar-refractivity contribution in [3.63, 3.8) is 0 Å². The molecule has 37 heavy (non-hydrogen) atoms. The fourth-order valence-electron chi connectivity index (χ4n) is 6.14. The fourth-order valence-corrected chi connectivity index (χ4v) is 6.27. The maximum atomic E-state index is 15.1. The van der Waals surface area contributed by atoms with Gasteiger partial charge in [0, 0.05) is 19.3 Å². The predicted octanol–water partition coefficient (Wildman–Crippen LogP) is 4.66. The van der Waals surface area contributed by atoms with Gasteiger partial charge in [0.1, 0.15) is 23.5 Å². The predicted molar refractivity (Wildman–Crippen MR) is 140 cm³/mol. The van der Waals surface area contributed by atoms with Gasteiger partial charge >= 0.3 is 12.1 Å². The first-order valence-electron chi connectivity index (χ1n) is 13.1. The number of anilines is 1. The average molecular weight is 535 g/mol. The van der Waals surface area contributed by atoms with Crippen LogP contribution >= 0.6 is 11.6 Å². The van der Waals surface area contributed by atoms with Gasteiger partial charge in [0.25, 0.3) is 0 Å². The van der Waals surface area contributed by atoms with Crippen molar-refractivity contribution < 1.29 is 18.7 Å². The normalized spacial score (nSPS) is 24.0. The Bertz CT molecular complexity index is 1170. The van der Waals surface area contributed by atoms with Crippen molar-refractivity contribution in [2.75, 3.05) is 37.7 Å². The molecule has 0 aliphatic carbocycles. The van der Waals surface area contributed by atoms with Crippen molar-refractivity contribution in [1.82, 2.24) is 24.8 Å². The summed E-state index contributed by atoms with van der Waals surface area (Å²) in [5.74, 6) is -0.166. The second kappa shape index (κ2) is 9.69. The van der Waals surface area contributed by atoms with Crippen LogP contribution in [0.4, 0.5) is 15.0 Å². The maximum Gasteiger partial charge on any atom is 0.410 e. The third-order valence-corrected chi connectivity index (χ3v) is 7.97. The average Bonchev–Trinajstić information content (AvgIpc) is 3.38. The van der Waals surface area contributed by atoms with E-state index in [-0.39, 0.29) is 40.4 Å². The van der Waals surface area contributed by atoms with E-state index < -0.39 is 11.4 Å². The van der Waals surface area contributed by atoms with Crippen LogP contribution in [-0.4, -0.2) is 86.9 Å². The number of rotatable bonds is 4. The van der Waals surface area contributed by atoms with Gasteiger partial charge in [0.05, 0.1) is 23.0 Å². The van der Waals surface area contributed by atoms with Crippen LogP contribution in [0, 0.1) is 5.82 Å². The molecule has 3 saturated heterocycles. The first-order valence-corrected chi connectivity index (χ1v) is 13.5. The number of fused-ring (bicyclic) bond motifs is 2. The molecule has 0 radical (unpaired) electrons. The van der Waals surface area contributed by atoms with Crippen LogP contribution in [0.3, 0.4) is 0 Å². The minimum atomic E-state index is -0.692. The molecule has 2 aromatic heterocycles. The van der Waals surface area contributed by atoms with Gasteiger partial charge in [0.2, 0.25) is 0 Å².